The van der Waals surface area contributed by atoms with E-state index in [1.807, 2.05) is 49.4 Å². The predicted molar refractivity (Wildman–Crippen MR) is 83.8 cm³/mol. The van der Waals surface area contributed by atoms with E-state index < -0.39 is 0 Å². The van der Waals surface area contributed by atoms with Gasteiger partial charge < -0.3 is 5.32 Å². The Kier molecular flexibility index (Phi) is 3.52. The summed E-state index contributed by atoms with van der Waals surface area (Å²) in [6.45, 7) is 4.18. The molecule has 0 aliphatic carbocycles. The first kappa shape index (κ1) is 13.5. The lowest BCUT2D eigenvalue weighted by Gasteiger charge is -2.10. The number of aromatic nitrogens is 2. The second-order valence-corrected chi connectivity index (χ2v) is 4.85. The Morgan fingerprint density at radius 3 is 2.62 bits per heavy atom. The zero-order valence-electron chi connectivity index (χ0n) is 12.0. The Morgan fingerprint density at radius 2 is 1.81 bits per heavy atom. The Morgan fingerprint density at radius 1 is 1.05 bits per heavy atom. The molecule has 106 valence electrons. The number of hydrogen-bond donors (Lipinski definition) is 1. The largest absolute Gasteiger partial charge is 0.368 e. The maximum atomic E-state index is 14.0. The fourth-order valence-electron chi connectivity index (χ4n) is 2.38. The van der Waals surface area contributed by atoms with Gasteiger partial charge in [0.1, 0.15) is 0 Å². The molecule has 4 heteroatoms. The van der Waals surface area contributed by atoms with E-state index in [2.05, 4.69) is 15.3 Å². The summed E-state index contributed by atoms with van der Waals surface area (Å²) >= 11 is 0. The van der Waals surface area contributed by atoms with Crippen LogP contribution in [0.1, 0.15) is 12.6 Å². The molecule has 1 N–H and O–H groups in total. The number of hydrogen-bond acceptors (Lipinski definition) is 3. The van der Waals surface area contributed by atoms with Gasteiger partial charge in [-0.2, -0.15) is 0 Å². The van der Waals surface area contributed by atoms with E-state index in [0.29, 0.717) is 18.1 Å². The zero-order valence-corrected chi connectivity index (χ0v) is 12.0. The normalized spacial score (nSPS) is 10.8. The summed E-state index contributed by atoms with van der Waals surface area (Å²) in [5, 5.41) is 5.13. The molecule has 3 aromatic rings. The van der Waals surface area contributed by atoms with Gasteiger partial charge in [0.2, 0.25) is 0 Å². The van der Waals surface area contributed by atoms with E-state index in [-0.39, 0.29) is 11.6 Å². The number of nitrogens with one attached hydrogen (secondary N) is 1. The van der Waals surface area contributed by atoms with Gasteiger partial charge in [-0.3, -0.25) is 0 Å². The van der Waals surface area contributed by atoms with Crippen LogP contribution in [-0.2, 0) is 0 Å². The van der Waals surface area contributed by atoms with Crippen molar-refractivity contribution >= 4 is 16.6 Å². The Balaban J connectivity index is 2.23. The first-order valence-electron chi connectivity index (χ1n) is 6.97. The third-order valence-corrected chi connectivity index (χ3v) is 3.39. The van der Waals surface area contributed by atoms with Crippen molar-refractivity contribution in [2.45, 2.75) is 13.8 Å². The predicted octanol–water partition coefficient (Wildman–Crippen LogP) is 4.18. The summed E-state index contributed by atoms with van der Waals surface area (Å²) in [6.07, 6.45) is 0. The van der Waals surface area contributed by atoms with Crippen molar-refractivity contribution in [1.29, 1.82) is 0 Å². The first-order valence-corrected chi connectivity index (χ1v) is 6.97. The number of fused-ring (bicyclic) bond motifs is 1. The molecule has 0 spiro atoms. The van der Waals surface area contributed by atoms with Crippen molar-refractivity contribution in [1.82, 2.24) is 9.97 Å². The maximum Gasteiger partial charge on any atom is 0.186 e. The lowest BCUT2D eigenvalue weighted by atomic mass is 10.0. The minimum Gasteiger partial charge on any atom is -0.368 e. The molecule has 0 fully saturated rings. The molecule has 3 nitrogen and oxygen atoms in total. The number of nitrogens with zero attached hydrogens (tertiary/aromatic N) is 2. The number of halogens is 1. The summed E-state index contributed by atoms with van der Waals surface area (Å²) in [7, 11) is 0. The molecule has 0 saturated carbocycles. The van der Waals surface area contributed by atoms with Crippen LogP contribution in [0.25, 0.3) is 22.2 Å². The van der Waals surface area contributed by atoms with E-state index in [9.17, 15) is 4.39 Å². The highest BCUT2D eigenvalue weighted by atomic mass is 19.1. The molecule has 0 aliphatic rings. The van der Waals surface area contributed by atoms with E-state index in [1.165, 1.54) is 0 Å². The lowest BCUT2D eigenvalue weighted by Crippen LogP contribution is -2.07. The fourth-order valence-corrected chi connectivity index (χ4v) is 2.38. The van der Waals surface area contributed by atoms with Crippen molar-refractivity contribution < 1.29 is 4.39 Å². The van der Waals surface area contributed by atoms with Crippen molar-refractivity contribution in [3.05, 3.63) is 54.0 Å². The van der Waals surface area contributed by atoms with Crippen LogP contribution in [-0.4, -0.2) is 16.5 Å². The summed E-state index contributed by atoms with van der Waals surface area (Å²) in [6, 6.07) is 14.0. The second kappa shape index (κ2) is 5.48. The quantitative estimate of drug-likeness (QED) is 0.782. The third-order valence-electron chi connectivity index (χ3n) is 3.39. The standard InChI is InChI=1S/C17H16FN3/c1-3-19-17-15(18)11(2)20-16(21-17)14-10-6-8-12-7-4-5-9-13(12)14/h4-10H,3H2,1-2H3,(H,19,20,21). The van der Waals surface area contributed by atoms with Gasteiger partial charge in [0.25, 0.3) is 0 Å². The first-order chi connectivity index (χ1) is 10.2. The number of anilines is 1. The molecule has 21 heavy (non-hydrogen) atoms. The molecule has 0 atom stereocenters. The molecule has 0 unspecified atom stereocenters. The highest BCUT2D eigenvalue weighted by molar-refractivity contribution is 5.95. The maximum absolute atomic E-state index is 14.0. The van der Waals surface area contributed by atoms with Crippen molar-refractivity contribution in [3.63, 3.8) is 0 Å². The van der Waals surface area contributed by atoms with Crippen LogP contribution in [0.5, 0.6) is 0 Å². The monoisotopic (exact) mass is 281 g/mol. The lowest BCUT2D eigenvalue weighted by molar-refractivity contribution is 0.606. The van der Waals surface area contributed by atoms with Gasteiger partial charge in [-0.05, 0) is 24.6 Å². The van der Waals surface area contributed by atoms with Gasteiger partial charge in [-0.15, -0.1) is 0 Å². The van der Waals surface area contributed by atoms with Crippen LogP contribution < -0.4 is 5.32 Å². The van der Waals surface area contributed by atoms with Crippen LogP contribution in [0, 0.1) is 12.7 Å². The highest BCUT2D eigenvalue weighted by Crippen LogP contribution is 2.28. The van der Waals surface area contributed by atoms with Gasteiger partial charge in [0.15, 0.2) is 17.5 Å². The average Bonchev–Trinajstić information content (AvgIpc) is 2.51. The van der Waals surface area contributed by atoms with E-state index in [4.69, 9.17) is 0 Å². The molecule has 0 saturated heterocycles. The SMILES string of the molecule is CCNc1nc(-c2cccc3ccccc23)nc(C)c1F. The van der Waals surface area contributed by atoms with Crippen LogP contribution in [0.15, 0.2) is 42.5 Å². The average molecular weight is 281 g/mol. The van der Waals surface area contributed by atoms with Gasteiger partial charge in [-0.25, -0.2) is 14.4 Å². The zero-order chi connectivity index (χ0) is 14.8. The van der Waals surface area contributed by atoms with Crippen molar-refractivity contribution in [2.75, 3.05) is 11.9 Å². The summed E-state index contributed by atoms with van der Waals surface area (Å²) in [4.78, 5) is 8.66. The van der Waals surface area contributed by atoms with E-state index >= 15 is 0 Å². The number of aryl methyl sites for hydroxylation is 1. The Bertz CT molecular complexity index is 794. The molecule has 3 rings (SSSR count). The highest BCUT2D eigenvalue weighted by Gasteiger charge is 2.13. The van der Waals surface area contributed by atoms with E-state index in [0.717, 1.165) is 16.3 Å². The smallest absolute Gasteiger partial charge is 0.186 e. The topological polar surface area (TPSA) is 37.8 Å². The third kappa shape index (κ3) is 2.44. The van der Waals surface area contributed by atoms with Gasteiger partial charge in [0.05, 0.1) is 5.69 Å². The molecule has 1 aromatic heterocycles. The molecular weight excluding hydrogens is 265 g/mol. The minimum atomic E-state index is -0.388. The number of benzene rings is 2. The summed E-state index contributed by atoms with van der Waals surface area (Å²) in [5.41, 5.74) is 1.26. The molecular formula is C17H16FN3. The van der Waals surface area contributed by atoms with E-state index in [1.54, 1.807) is 6.92 Å². The van der Waals surface area contributed by atoms with Gasteiger partial charge in [0, 0.05) is 12.1 Å². The van der Waals surface area contributed by atoms with Gasteiger partial charge >= 0.3 is 0 Å². The fraction of sp³-hybridized carbons (Fsp3) is 0.176. The molecule has 1 heterocycles. The van der Waals surface area contributed by atoms with Crippen molar-refractivity contribution in [2.24, 2.45) is 0 Å². The molecule has 0 bridgehead atoms. The number of rotatable bonds is 3. The van der Waals surface area contributed by atoms with Gasteiger partial charge in [-0.1, -0.05) is 42.5 Å². The molecule has 0 amide bonds. The molecule has 0 aliphatic heterocycles. The second-order valence-electron chi connectivity index (χ2n) is 4.85. The van der Waals surface area contributed by atoms with Crippen LogP contribution in [0.4, 0.5) is 10.2 Å². The van der Waals surface area contributed by atoms with Crippen LogP contribution >= 0.6 is 0 Å². The Labute approximate surface area is 122 Å². The van der Waals surface area contributed by atoms with Crippen LogP contribution in [0.3, 0.4) is 0 Å². The summed E-state index contributed by atoms with van der Waals surface area (Å²) in [5.74, 6) is 0.412. The molecule has 0 radical (unpaired) electrons. The Hall–Kier alpha value is -2.49. The van der Waals surface area contributed by atoms with Crippen LogP contribution in [0.2, 0.25) is 0 Å². The summed E-state index contributed by atoms with van der Waals surface area (Å²) < 4.78 is 14.0. The molecule has 2 aromatic carbocycles. The van der Waals surface area contributed by atoms with Crippen molar-refractivity contribution in [3.8, 4) is 11.4 Å². The minimum absolute atomic E-state index is 0.257.